The van der Waals surface area contributed by atoms with E-state index in [2.05, 4.69) is 19.9 Å². The molecule has 28 heavy (non-hydrogen) atoms. The van der Waals surface area contributed by atoms with Gasteiger partial charge in [0, 0.05) is 30.4 Å². The van der Waals surface area contributed by atoms with Crippen molar-refractivity contribution in [2.24, 2.45) is 5.73 Å². The van der Waals surface area contributed by atoms with E-state index in [0.717, 1.165) is 42.8 Å². The molecule has 2 saturated heterocycles. The van der Waals surface area contributed by atoms with Crippen LogP contribution in [0.3, 0.4) is 0 Å². The Morgan fingerprint density at radius 2 is 1.68 bits per heavy atom. The number of hydrogen-bond acceptors (Lipinski definition) is 5. The molecule has 0 saturated carbocycles. The maximum Gasteiger partial charge on any atom is 0.254 e. The van der Waals surface area contributed by atoms with Gasteiger partial charge in [0.15, 0.2) is 0 Å². The van der Waals surface area contributed by atoms with Crippen molar-refractivity contribution in [3.63, 3.8) is 0 Å². The molecular formula is C20H20N6O2. The van der Waals surface area contributed by atoms with Crippen LogP contribution < -0.4 is 10.6 Å². The van der Waals surface area contributed by atoms with Gasteiger partial charge in [0.05, 0.1) is 17.5 Å². The van der Waals surface area contributed by atoms with Crippen molar-refractivity contribution in [1.82, 2.24) is 19.9 Å². The average Bonchev–Trinajstić information content (AvgIpc) is 3.29. The van der Waals surface area contributed by atoms with Crippen LogP contribution in [0.25, 0.3) is 11.0 Å². The van der Waals surface area contributed by atoms with Gasteiger partial charge in [0.1, 0.15) is 17.8 Å². The van der Waals surface area contributed by atoms with Crippen molar-refractivity contribution in [2.75, 3.05) is 18.0 Å². The molecule has 4 heterocycles. The molecule has 0 unspecified atom stereocenters. The van der Waals surface area contributed by atoms with E-state index in [4.69, 9.17) is 5.73 Å². The van der Waals surface area contributed by atoms with Crippen molar-refractivity contribution >= 4 is 28.7 Å². The molecule has 3 aromatic rings. The van der Waals surface area contributed by atoms with E-state index in [1.807, 2.05) is 17.2 Å². The largest absolute Gasteiger partial charge is 0.366 e. The Balaban J connectivity index is 1.39. The Labute approximate surface area is 161 Å². The monoisotopic (exact) mass is 376 g/mol. The van der Waals surface area contributed by atoms with E-state index >= 15 is 0 Å². The number of hydrogen-bond donors (Lipinski definition) is 2. The number of carbonyl (C=O) groups is 2. The predicted octanol–water partition coefficient (Wildman–Crippen LogP) is 1.55. The number of aromatic nitrogens is 3. The molecule has 2 bridgehead atoms. The van der Waals surface area contributed by atoms with Gasteiger partial charge < -0.3 is 20.5 Å². The van der Waals surface area contributed by atoms with Gasteiger partial charge in [-0.25, -0.2) is 9.97 Å². The molecule has 8 heteroatoms. The van der Waals surface area contributed by atoms with Crippen molar-refractivity contribution in [3.05, 3.63) is 54.0 Å². The molecule has 0 aliphatic carbocycles. The number of nitrogens with one attached hydrogen (secondary N) is 1. The lowest BCUT2D eigenvalue weighted by Gasteiger charge is -2.41. The second kappa shape index (κ2) is 6.33. The zero-order chi connectivity index (χ0) is 19.3. The molecule has 2 fully saturated rings. The van der Waals surface area contributed by atoms with Crippen LogP contribution in [0.2, 0.25) is 0 Å². The van der Waals surface area contributed by atoms with Crippen molar-refractivity contribution in [3.8, 4) is 0 Å². The summed E-state index contributed by atoms with van der Waals surface area (Å²) in [5.41, 5.74) is 7.11. The minimum Gasteiger partial charge on any atom is -0.366 e. The van der Waals surface area contributed by atoms with Crippen LogP contribution in [-0.2, 0) is 0 Å². The topological polar surface area (TPSA) is 108 Å². The molecule has 2 aliphatic heterocycles. The highest BCUT2D eigenvalue weighted by Gasteiger charge is 2.43. The minimum atomic E-state index is -0.492. The summed E-state index contributed by atoms with van der Waals surface area (Å²) in [4.78, 5) is 40.5. The third-order valence-corrected chi connectivity index (χ3v) is 5.77. The summed E-state index contributed by atoms with van der Waals surface area (Å²) >= 11 is 0. The number of fused-ring (bicyclic) bond motifs is 3. The van der Waals surface area contributed by atoms with E-state index in [1.54, 1.807) is 30.6 Å². The summed E-state index contributed by atoms with van der Waals surface area (Å²) in [5, 5.41) is 1.00. The first-order valence-corrected chi connectivity index (χ1v) is 9.37. The maximum atomic E-state index is 13.1. The SMILES string of the molecule is NC(=O)c1ccc(C(=O)N2[C@@H]3CC[C@@H]2CN(c2ncnc4[nH]ccc24)C3)cc1. The fourth-order valence-electron chi connectivity index (χ4n) is 4.44. The minimum absolute atomic E-state index is 0.0117. The van der Waals surface area contributed by atoms with E-state index in [9.17, 15) is 9.59 Å². The molecule has 2 amide bonds. The van der Waals surface area contributed by atoms with E-state index in [0.29, 0.717) is 11.1 Å². The molecular weight excluding hydrogens is 356 g/mol. The number of nitrogens with two attached hydrogens (primary N) is 1. The highest BCUT2D eigenvalue weighted by atomic mass is 16.2. The number of rotatable bonds is 3. The lowest BCUT2D eigenvalue weighted by atomic mass is 10.1. The van der Waals surface area contributed by atoms with Crippen molar-refractivity contribution < 1.29 is 9.59 Å². The van der Waals surface area contributed by atoms with Crippen LogP contribution in [0, 0.1) is 0 Å². The summed E-state index contributed by atoms with van der Waals surface area (Å²) < 4.78 is 0. The zero-order valence-electron chi connectivity index (χ0n) is 15.2. The molecule has 5 rings (SSSR count). The maximum absolute atomic E-state index is 13.1. The van der Waals surface area contributed by atoms with Gasteiger partial charge in [0.2, 0.25) is 5.91 Å². The molecule has 0 radical (unpaired) electrons. The van der Waals surface area contributed by atoms with Crippen LogP contribution in [0.1, 0.15) is 33.6 Å². The molecule has 142 valence electrons. The molecule has 0 spiro atoms. The van der Waals surface area contributed by atoms with Crippen LogP contribution in [0.15, 0.2) is 42.9 Å². The van der Waals surface area contributed by atoms with E-state index in [1.165, 1.54) is 0 Å². The number of nitrogens with zero attached hydrogens (tertiary/aromatic N) is 4. The molecule has 3 N–H and O–H groups in total. The molecule has 2 aromatic heterocycles. The van der Waals surface area contributed by atoms with Gasteiger partial charge >= 0.3 is 0 Å². The van der Waals surface area contributed by atoms with Gasteiger partial charge in [-0.15, -0.1) is 0 Å². The van der Waals surface area contributed by atoms with Crippen LogP contribution in [-0.4, -0.2) is 56.8 Å². The van der Waals surface area contributed by atoms with Gasteiger partial charge in [-0.3, -0.25) is 9.59 Å². The lowest BCUT2D eigenvalue weighted by molar-refractivity contribution is 0.0641. The molecule has 8 nitrogen and oxygen atoms in total. The number of anilines is 1. The smallest absolute Gasteiger partial charge is 0.254 e. The molecule has 2 atom stereocenters. The Morgan fingerprint density at radius 3 is 2.36 bits per heavy atom. The summed E-state index contributed by atoms with van der Waals surface area (Å²) in [6.07, 6.45) is 5.40. The highest BCUT2D eigenvalue weighted by molar-refractivity contribution is 5.98. The summed E-state index contributed by atoms with van der Waals surface area (Å²) in [6.45, 7) is 1.50. The van der Waals surface area contributed by atoms with E-state index < -0.39 is 5.91 Å². The lowest BCUT2D eigenvalue weighted by Crippen LogP contribution is -2.56. The summed E-state index contributed by atoms with van der Waals surface area (Å²) in [6, 6.07) is 8.86. The Bertz CT molecular complexity index is 1050. The van der Waals surface area contributed by atoms with Crippen molar-refractivity contribution in [1.29, 1.82) is 0 Å². The predicted molar refractivity (Wildman–Crippen MR) is 104 cm³/mol. The van der Waals surface area contributed by atoms with Crippen LogP contribution >= 0.6 is 0 Å². The fourth-order valence-corrected chi connectivity index (χ4v) is 4.44. The Morgan fingerprint density at radius 1 is 1.00 bits per heavy atom. The van der Waals surface area contributed by atoms with Gasteiger partial charge in [-0.05, 0) is 43.2 Å². The number of carbonyl (C=O) groups excluding carboxylic acids is 2. The van der Waals surface area contributed by atoms with E-state index in [-0.39, 0.29) is 18.0 Å². The number of piperazine rings is 1. The number of benzene rings is 1. The van der Waals surface area contributed by atoms with Gasteiger partial charge in [-0.2, -0.15) is 0 Å². The highest BCUT2D eigenvalue weighted by Crippen LogP contribution is 2.35. The zero-order valence-corrected chi connectivity index (χ0v) is 15.2. The normalized spacial score (nSPS) is 21.3. The molecule has 2 aliphatic rings. The van der Waals surface area contributed by atoms with Gasteiger partial charge in [0.25, 0.3) is 5.91 Å². The summed E-state index contributed by atoms with van der Waals surface area (Å²) in [7, 11) is 0. The Hall–Kier alpha value is -3.42. The number of aromatic amines is 1. The van der Waals surface area contributed by atoms with Gasteiger partial charge in [-0.1, -0.05) is 0 Å². The number of primary amides is 1. The first kappa shape index (κ1) is 16.7. The first-order valence-electron chi connectivity index (χ1n) is 9.37. The second-order valence-electron chi connectivity index (χ2n) is 7.38. The van der Waals surface area contributed by atoms with Crippen molar-refractivity contribution in [2.45, 2.75) is 24.9 Å². The third kappa shape index (κ3) is 2.60. The standard InChI is InChI=1S/C20H20N6O2/c21-17(27)12-1-3-13(4-2-12)20(28)26-14-5-6-15(26)10-25(9-14)19-16-7-8-22-18(16)23-11-24-19/h1-4,7-8,11,14-15H,5-6,9-10H2,(H2,21,27)(H,22,23,24)/t14-,15-/m1/s1. The van der Waals surface area contributed by atoms with Crippen LogP contribution in [0.4, 0.5) is 5.82 Å². The third-order valence-electron chi connectivity index (χ3n) is 5.77. The van der Waals surface area contributed by atoms with Crippen LogP contribution in [0.5, 0.6) is 0 Å². The summed E-state index contributed by atoms with van der Waals surface area (Å²) in [5.74, 6) is 0.437. The Kier molecular flexibility index (Phi) is 3.78. The fraction of sp³-hybridized carbons (Fsp3) is 0.300. The average molecular weight is 376 g/mol. The second-order valence-corrected chi connectivity index (χ2v) is 7.38. The number of amides is 2. The quantitative estimate of drug-likeness (QED) is 0.721. The first-order chi connectivity index (χ1) is 13.6. The molecule has 1 aromatic carbocycles. The number of H-pyrrole nitrogens is 1.